The first-order chi connectivity index (χ1) is 19.4. The summed E-state index contributed by atoms with van der Waals surface area (Å²) in [7, 11) is 0. The van der Waals surface area contributed by atoms with Crippen molar-refractivity contribution in [2.24, 2.45) is 0 Å². The molecule has 2 aliphatic rings. The highest BCUT2D eigenvalue weighted by Crippen LogP contribution is 2.54. The minimum absolute atomic E-state index is 0.184. The van der Waals surface area contributed by atoms with E-state index in [9.17, 15) is 0 Å². The van der Waals surface area contributed by atoms with Gasteiger partial charge in [0.05, 0.1) is 22.1 Å². The third kappa shape index (κ3) is 2.52. The fourth-order valence-corrected chi connectivity index (χ4v) is 7.78. The molecule has 9 rings (SSSR count). The predicted octanol–water partition coefficient (Wildman–Crippen LogP) is 6.31. The third-order valence-corrected chi connectivity index (χ3v) is 9.13. The van der Waals surface area contributed by atoms with Gasteiger partial charge in [-0.25, -0.2) is 0 Å². The maximum Gasteiger partial charge on any atom is 0.242 e. The molecule has 2 aliphatic heterocycles. The zero-order valence-corrected chi connectivity index (χ0v) is 21.4. The molecule has 0 fully saturated rings. The lowest BCUT2D eigenvalue weighted by molar-refractivity contribution is 0.733. The topological polar surface area (TPSA) is 4.93 Å². The van der Waals surface area contributed by atoms with Gasteiger partial charge in [0.1, 0.15) is 0 Å². The number of nitrogens with zero attached hydrogens (tertiary/aromatic N) is 1. The van der Waals surface area contributed by atoms with Crippen molar-refractivity contribution in [1.29, 1.82) is 0 Å². The highest BCUT2D eigenvalue weighted by atomic mass is 15.0. The Hall–Kier alpha value is -4.82. The van der Waals surface area contributed by atoms with Gasteiger partial charge >= 0.3 is 0 Å². The Morgan fingerprint density at radius 1 is 0.436 bits per heavy atom. The average Bonchev–Trinajstić information content (AvgIpc) is 3.35. The van der Waals surface area contributed by atoms with Crippen LogP contribution < -0.4 is 16.4 Å². The Balaban J connectivity index is 1.53. The Kier molecular flexibility index (Phi) is 4.13. The number of para-hydroxylation sites is 3. The van der Waals surface area contributed by atoms with Crippen LogP contribution in [0.2, 0.25) is 0 Å². The van der Waals surface area contributed by atoms with Crippen molar-refractivity contribution in [2.75, 3.05) is 0 Å². The smallest absolute Gasteiger partial charge is 0.242 e. The van der Waals surface area contributed by atoms with Gasteiger partial charge in [0.25, 0.3) is 0 Å². The van der Waals surface area contributed by atoms with Crippen molar-refractivity contribution in [1.82, 2.24) is 4.57 Å². The predicted molar refractivity (Wildman–Crippen MR) is 164 cm³/mol. The molecule has 1 aromatic heterocycles. The van der Waals surface area contributed by atoms with Crippen molar-refractivity contribution in [3.05, 3.63) is 168 Å². The fourth-order valence-electron chi connectivity index (χ4n) is 7.78. The first-order valence-corrected chi connectivity index (χ1v) is 13.8. The third-order valence-electron chi connectivity index (χ3n) is 9.13. The van der Waals surface area contributed by atoms with Gasteiger partial charge in [0, 0.05) is 10.8 Å². The van der Waals surface area contributed by atoms with E-state index in [1.807, 2.05) is 0 Å². The first kappa shape index (κ1) is 21.2. The summed E-state index contributed by atoms with van der Waals surface area (Å²) in [6, 6.07) is 54.2. The van der Waals surface area contributed by atoms with Gasteiger partial charge in [-0.15, -0.1) is 0 Å². The van der Waals surface area contributed by atoms with Crippen LogP contribution in [0, 0.1) is 0 Å². The van der Waals surface area contributed by atoms with E-state index in [1.54, 1.807) is 0 Å². The second-order valence-electron chi connectivity index (χ2n) is 10.8. The quantitative estimate of drug-likeness (QED) is 0.236. The molecular formula is C37H24BN. The average molecular weight is 493 g/mol. The number of fused-ring (bicyclic) bond motifs is 11. The summed E-state index contributed by atoms with van der Waals surface area (Å²) >= 11 is 0. The maximum absolute atomic E-state index is 2.51. The van der Waals surface area contributed by atoms with Crippen molar-refractivity contribution in [2.45, 2.75) is 5.41 Å². The van der Waals surface area contributed by atoms with E-state index in [0.29, 0.717) is 0 Å². The van der Waals surface area contributed by atoms with Crippen LogP contribution in [0.15, 0.2) is 146 Å². The molecule has 6 aromatic carbocycles. The first-order valence-electron chi connectivity index (χ1n) is 13.8. The molecule has 0 bridgehead atoms. The number of hydrogen-bond acceptors (Lipinski definition) is 0. The zero-order chi connectivity index (χ0) is 25.6. The normalized spacial score (nSPS) is 14.3. The molecule has 0 N–H and O–H groups in total. The molecule has 39 heavy (non-hydrogen) atoms. The van der Waals surface area contributed by atoms with E-state index in [-0.39, 0.29) is 6.71 Å². The Labute approximate surface area is 228 Å². The second kappa shape index (κ2) is 7.62. The molecule has 0 saturated carbocycles. The van der Waals surface area contributed by atoms with Crippen molar-refractivity contribution in [3.63, 3.8) is 0 Å². The Bertz CT molecular complexity index is 2040. The molecule has 0 radical (unpaired) electrons. The van der Waals surface area contributed by atoms with E-state index in [1.165, 1.54) is 66.1 Å². The molecule has 0 aliphatic carbocycles. The van der Waals surface area contributed by atoms with E-state index < -0.39 is 5.41 Å². The van der Waals surface area contributed by atoms with Crippen LogP contribution in [-0.2, 0) is 5.41 Å². The van der Waals surface area contributed by atoms with Crippen LogP contribution in [0.1, 0.15) is 22.3 Å². The molecule has 180 valence electrons. The van der Waals surface area contributed by atoms with Crippen LogP contribution in [0.4, 0.5) is 0 Å². The van der Waals surface area contributed by atoms with Gasteiger partial charge in [0.2, 0.25) is 6.71 Å². The largest absolute Gasteiger partial charge is 0.309 e. The van der Waals surface area contributed by atoms with Crippen LogP contribution in [0.3, 0.4) is 0 Å². The SMILES string of the molecule is c1ccc(B2c3ccccc3C3(c4ccccc42)c2ccccc2-n2c4ccccc4c4cccc3c42)cc1. The van der Waals surface area contributed by atoms with E-state index in [0.717, 1.165) is 0 Å². The van der Waals surface area contributed by atoms with Crippen LogP contribution in [0.25, 0.3) is 27.5 Å². The summed E-state index contributed by atoms with van der Waals surface area (Å²) in [6.45, 7) is 0.184. The molecule has 3 heterocycles. The molecule has 0 amide bonds. The molecule has 2 heteroatoms. The lowest BCUT2D eigenvalue weighted by Crippen LogP contribution is -2.62. The summed E-state index contributed by atoms with van der Waals surface area (Å²) in [6.07, 6.45) is 0. The van der Waals surface area contributed by atoms with Crippen LogP contribution >= 0.6 is 0 Å². The van der Waals surface area contributed by atoms with Gasteiger partial charge < -0.3 is 4.57 Å². The van der Waals surface area contributed by atoms with Crippen molar-refractivity contribution < 1.29 is 0 Å². The van der Waals surface area contributed by atoms with Gasteiger partial charge in [-0.2, -0.15) is 0 Å². The van der Waals surface area contributed by atoms with Crippen molar-refractivity contribution in [3.8, 4) is 5.69 Å². The Morgan fingerprint density at radius 3 is 1.77 bits per heavy atom. The van der Waals surface area contributed by atoms with E-state index in [2.05, 4.69) is 150 Å². The number of rotatable bonds is 1. The summed E-state index contributed by atoms with van der Waals surface area (Å²) in [5, 5.41) is 2.62. The Morgan fingerprint density at radius 2 is 1.00 bits per heavy atom. The van der Waals surface area contributed by atoms with Gasteiger partial charge in [-0.1, -0.05) is 150 Å². The highest BCUT2D eigenvalue weighted by Gasteiger charge is 2.51. The number of aromatic nitrogens is 1. The molecule has 0 unspecified atom stereocenters. The van der Waals surface area contributed by atoms with E-state index >= 15 is 0 Å². The van der Waals surface area contributed by atoms with Gasteiger partial charge in [-0.3, -0.25) is 0 Å². The minimum atomic E-state index is -0.418. The molecule has 1 spiro atoms. The van der Waals surface area contributed by atoms with Gasteiger partial charge in [-0.05, 0) is 34.4 Å². The zero-order valence-electron chi connectivity index (χ0n) is 21.4. The maximum atomic E-state index is 2.51. The fraction of sp³-hybridized carbons (Fsp3) is 0.0270. The summed E-state index contributed by atoms with van der Waals surface area (Å²) < 4.78 is 2.51. The lowest BCUT2D eigenvalue weighted by atomic mass is 9.30. The summed E-state index contributed by atoms with van der Waals surface area (Å²) in [5.41, 5.74) is 13.0. The lowest BCUT2D eigenvalue weighted by Gasteiger charge is -2.47. The molecule has 1 nitrogen and oxygen atoms in total. The molecule has 0 atom stereocenters. The monoisotopic (exact) mass is 493 g/mol. The second-order valence-corrected chi connectivity index (χ2v) is 10.8. The van der Waals surface area contributed by atoms with Crippen LogP contribution in [-0.4, -0.2) is 11.3 Å². The summed E-state index contributed by atoms with van der Waals surface area (Å²) in [5.74, 6) is 0. The molecular weight excluding hydrogens is 469 g/mol. The number of hydrogen-bond donors (Lipinski definition) is 0. The molecule has 7 aromatic rings. The van der Waals surface area contributed by atoms with Crippen molar-refractivity contribution >= 4 is 44.9 Å². The van der Waals surface area contributed by atoms with E-state index in [4.69, 9.17) is 0 Å². The van der Waals surface area contributed by atoms with Gasteiger partial charge in [0.15, 0.2) is 0 Å². The molecule has 0 saturated heterocycles. The highest BCUT2D eigenvalue weighted by molar-refractivity contribution is 6.96. The minimum Gasteiger partial charge on any atom is -0.309 e. The standard InChI is InChI=1S/C37H24BN/c1-2-13-25(14-3-1)38-32-21-8-5-17-28(32)37(29-18-6-9-22-33(29)38)30-19-7-11-24-35(30)39-34-23-10-4-15-26(34)27-16-12-20-31(37)36(27)39/h1-24H. The number of benzene rings is 6. The van der Waals surface area contributed by atoms with Crippen LogP contribution in [0.5, 0.6) is 0 Å². The summed E-state index contributed by atoms with van der Waals surface area (Å²) in [4.78, 5) is 0.